The highest BCUT2D eigenvalue weighted by Gasteiger charge is 2.07. The first kappa shape index (κ1) is 23.9. The lowest BCUT2D eigenvalue weighted by molar-refractivity contribution is -0.115. The Balaban J connectivity index is 1.74. The predicted molar refractivity (Wildman–Crippen MR) is 125 cm³/mol. The summed E-state index contributed by atoms with van der Waals surface area (Å²) in [6.07, 6.45) is 3.95. The molecule has 0 saturated carbocycles. The Morgan fingerprint density at radius 1 is 1.00 bits per heavy atom. The van der Waals surface area contributed by atoms with Gasteiger partial charge < -0.3 is 9.47 Å². The molecule has 0 aliphatic heterocycles. The van der Waals surface area contributed by atoms with E-state index in [-0.39, 0.29) is 11.0 Å². The fraction of sp³-hybridized carbons (Fsp3) is 0.261. The van der Waals surface area contributed by atoms with Crippen LogP contribution in [-0.2, 0) is 4.79 Å². The van der Waals surface area contributed by atoms with Crippen LogP contribution in [-0.4, -0.2) is 30.6 Å². The number of hydrogen-bond donors (Lipinski definition) is 3. The molecule has 2 rings (SSSR count). The van der Waals surface area contributed by atoms with Crippen LogP contribution < -0.4 is 25.6 Å². The monoisotopic (exact) mass is 441 g/mol. The molecule has 0 atom stereocenters. The summed E-state index contributed by atoms with van der Waals surface area (Å²) in [5.74, 6) is 1.19. The van der Waals surface area contributed by atoms with Crippen LogP contribution >= 0.6 is 12.2 Å². The molecular formula is C23H27N3O4S. The number of methoxy groups -OCH3 is 1. The number of carbonyl (C=O) groups excluding carboxylic acids is 2. The zero-order valence-electron chi connectivity index (χ0n) is 17.8. The van der Waals surface area contributed by atoms with Crippen molar-refractivity contribution in [2.24, 2.45) is 5.92 Å². The average molecular weight is 442 g/mol. The SMILES string of the molecule is COc1ccc(C=CC(=O)NC(=S)NNC(=O)c2ccc(OCCC(C)C)cc2)cc1. The molecule has 164 valence electrons. The maximum absolute atomic E-state index is 12.2. The first-order chi connectivity index (χ1) is 14.9. The molecule has 2 aromatic carbocycles. The molecular weight excluding hydrogens is 414 g/mol. The molecule has 7 nitrogen and oxygen atoms in total. The van der Waals surface area contributed by atoms with Crippen LogP contribution in [0.4, 0.5) is 0 Å². The van der Waals surface area contributed by atoms with Gasteiger partial charge in [-0.15, -0.1) is 0 Å². The van der Waals surface area contributed by atoms with E-state index in [1.54, 1.807) is 49.6 Å². The Hall–Kier alpha value is -3.39. The number of thiocarbonyl (C=S) groups is 1. The number of ether oxygens (including phenoxy) is 2. The number of carbonyl (C=O) groups is 2. The molecule has 0 fully saturated rings. The Morgan fingerprint density at radius 2 is 1.65 bits per heavy atom. The first-order valence-corrected chi connectivity index (χ1v) is 10.2. The Kier molecular flexibility index (Phi) is 9.51. The van der Waals surface area contributed by atoms with E-state index >= 15 is 0 Å². The van der Waals surface area contributed by atoms with E-state index in [0.29, 0.717) is 23.8 Å². The van der Waals surface area contributed by atoms with Gasteiger partial charge in [-0.1, -0.05) is 26.0 Å². The van der Waals surface area contributed by atoms with Crippen molar-refractivity contribution in [1.82, 2.24) is 16.2 Å². The highest BCUT2D eigenvalue weighted by molar-refractivity contribution is 7.80. The van der Waals surface area contributed by atoms with Gasteiger partial charge in [0.1, 0.15) is 11.5 Å². The molecule has 2 amide bonds. The van der Waals surface area contributed by atoms with Crippen LogP contribution in [0.15, 0.2) is 54.6 Å². The van der Waals surface area contributed by atoms with Gasteiger partial charge in [-0.3, -0.25) is 25.8 Å². The second-order valence-electron chi connectivity index (χ2n) is 7.06. The van der Waals surface area contributed by atoms with Gasteiger partial charge in [-0.05, 0) is 72.6 Å². The largest absolute Gasteiger partial charge is 0.497 e. The van der Waals surface area contributed by atoms with Gasteiger partial charge in [-0.2, -0.15) is 0 Å². The zero-order chi connectivity index (χ0) is 22.6. The van der Waals surface area contributed by atoms with Crippen molar-refractivity contribution < 1.29 is 19.1 Å². The molecule has 0 spiro atoms. The molecule has 2 aromatic rings. The van der Waals surface area contributed by atoms with Crippen LogP contribution in [0.2, 0.25) is 0 Å². The van der Waals surface area contributed by atoms with E-state index in [0.717, 1.165) is 17.7 Å². The second kappa shape index (κ2) is 12.3. The lowest BCUT2D eigenvalue weighted by Crippen LogP contribution is -2.48. The first-order valence-electron chi connectivity index (χ1n) is 9.83. The minimum absolute atomic E-state index is 0.0219. The van der Waals surface area contributed by atoms with Gasteiger partial charge in [0.15, 0.2) is 5.11 Å². The third-order valence-electron chi connectivity index (χ3n) is 4.15. The summed E-state index contributed by atoms with van der Waals surface area (Å²) in [6.45, 7) is 4.90. The molecule has 0 unspecified atom stereocenters. The van der Waals surface area contributed by atoms with Crippen molar-refractivity contribution in [3.63, 3.8) is 0 Å². The molecule has 0 aliphatic rings. The molecule has 0 radical (unpaired) electrons. The summed E-state index contributed by atoms with van der Waals surface area (Å²) >= 11 is 5.02. The van der Waals surface area contributed by atoms with E-state index in [1.807, 2.05) is 12.1 Å². The summed E-state index contributed by atoms with van der Waals surface area (Å²) in [7, 11) is 1.59. The van der Waals surface area contributed by atoms with E-state index in [1.165, 1.54) is 6.08 Å². The van der Waals surface area contributed by atoms with Crippen LogP contribution in [0, 0.1) is 5.92 Å². The lowest BCUT2D eigenvalue weighted by Gasteiger charge is -2.11. The zero-order valence-corrected chi connectivity index (χ0v) is 18.6. The lowest BCUT2D eigenvalue weighted by atomic mass is 10.1. The normalized spacial score (nSPS) is 10.6. The van der Waals surface area contributed by atoms with Gasteiger partial charge >= 0.3 is 0 Å². The molecule has 0 aromatic heterocycles. The number of amides is 2. The molecule has 8 heteroatoms. The predicted octanol–water partition coefficient (Wildman–Crippen LogP) is 3.47. The van der Waals surface area contributed by atoms with Crippen LogP contribution in [0.5, 0.6) is 11.5 Å². The molecule has 0 bridgehead atoms. The van der Waals surface area contributed by atoms with Gasteiger partial charge in [0.25, 0.3) is 5.91 Å². The maximum atomic E-state index is 12.2. The highest BCUT2D eigenvalue weighted by atomic mass is 32.1. The van der Waals surface area contributed by atoms with E-state index in [9.17, 15) is 9.59 Å². The number of hydrogen-bond acceptors (Lipinski definition) is 5. The molecule has 31 heavy (non-hydrogen) atoms. The quantitative estimate of drug-likeness (QED) is 0.330. The summed E-state index contributed by atoms with van der Waals surface area (Å²) in [5, 5.41) is 2.43. The summed E-state index contributed by atoms with van der Waals surface area (Å²) < 4.78 is 10.7. The van der Waals surface area contributed by atoms with E-state index in [2.05, 4.69) is 30.0 Å². The Morgan fingerprint density at radius 3 is 2.26 bits per heavy atom. The second-order valence-corrected chi connectivity index (χ2v) is 7.47. The standard InChI is InChI=1S/C23H27N3O4S/c1-16(2)14-15-30-20-11-7-18(8-12-20)22(28)25-26-23(31)24-21(27)13-6-17-4-9-19(29-3)10-5-17/h4-13,16H,14-15H2,1-3H3,(H,25,28)(H2,24,26,27,31). The molecule has 3 N–H and O–H groups in total. The highest BCUT2D eigenvalue weighted by Crippen LogP contribution is 2.13. The molecule has 0 aliphatic carbocycles. The Bertz CT molecular complexity index is 909. The minimum Gasteiger partial charge on any atom is -0.497 e. The number of rotatable bonds is 8. The van der Waals surface area contributed by atoms with Gasteiger partial charge in [0, 0.05) is 11.6 Å². The smallest absolute Gasteiger partial charge is 0.269 e. The van der Waals surface area contributed by atoms with Crippen molar-refractivity contribution in [2.75, 3.05) is 13.7 Å². The average Bonchev–Trinajstić information content (AvgIpc) is 2.76. The van der Waals surface area contributed by atoms with Crippen molar-refractivity contribution in [2.45, 2.75) is 20.3 Å². The van der Waals surface area contributed by atoms with Crippen LogP contribution in [0.3, 0.4) is 0 Å². The van der Waals surface area contributed by atoms with E-state index in [4.69, 9.17) is 21.7 Å². The minimum atomic E-state index is -0.425. The van der Waals surface area contributed by atoms with Crippen LogP contribution in [0.25, 0.3) is 6.08 Å². The third kappa shape index (κ3) is 8.88. The van der Waals surface area contributed by atoms with Crippen molar-refractivity contribution in [1.29, 1.82) is 0 Å². The number of nitrogens with one attached hydrogen (secondary N) is 3. The maximum Gasteiger partial charge on any atom is 0.269 e. The van der Waals surface area contributed by atoms with Gasteiger partial charge in [-0.25, -0.2) is 0 Å². The molecule has 0 saturated heterocycles. The van der Waals surface area contributed by atoms with Crippen molar-refractivity contribution >= 4 is 35.2 Å². The fourth-order valence-corrected chi connectivity index (χ4v) is 2.52. The van der Waals surface area contributed by atoms with Crippen molar-refractivity contribution in [3.05, 3.63) is 65.7 Å². The topological polar surface area (TPSA) is 88.7 Å². The third-order valence-corrected chi connectivity index (χ3v) is 4.35. The molecule has 0 heterocycles. The van der Waals surface area contributed by atoms with E-state index < -0.39 is 5.91 Å². The summed E-state index contributed by atoms with van der Waals surface area (Å²) in [5.41, 5.74) is 6.21. The van der Waals surface area contributed by atoms with Crippen LogP contribution in [0.1, 0.15) is 36.2 Å². The number of benzene rings is 2. The fourth-order valence-electron chi connectivity index (χ4n) is 2.37. The Labute approximate surface area is 187 Å². The van der Waals surface area contributed by atoms with Gasteiger partial charge in [0.05, 0.1) is 13.7 Å². The summed E-state index contributed by atoms with van der Waals surface area (Å²) in [4.78, 5) is 24.2. The van der Waals surface area contributed by atoms with Crippen molar-refractivity contribution in [3.8, 4) is 11.5 Å². The summed E-state index contributed by atoms with van der Waals surface area (Å²) in [6, 6.07) is 14.0. The van der Waals surface area contributed by atoms with Gasteiger partial charge in [0.2, 0.25) is 5.91 Å². The number of hydrazine groups is 1.